The zero-order chi connectivity index (χ0) is 17.7. The average molecular weight is 356 g/mol. The van der Waals surface area contributed by atoms with Gasteiger partial charge in [0.15, 0.2) is 5.82 Å². The molecule has 0 atom stereocenters. The van der Waals surface area contributed by atoms with Crippen molar-refractivity contribution in [3.63, 3.8) is 0 Å². The Hall–Kier alpha value is -2.51. The fraction of sp³-hybridized carbons (Fsp3) is 0.222. The summed E-state index contributed by atoms with van der Waals surface area (Å²) in [7, 11) is -3.31. The van der Waals surface area contributed by atoms with Gasteiger partial charge in [0.1, 0.15) is 6.33 Å². The summed E-state index contributed by atoms with van der Waals surface area (Å²) < 4.78 is 27.3. The monoisotopic (exact) mass is 356 g/mol. The molecule has 130 valence electrons. The number of rotatable bonds is 7. The van der Waals surface area contributed by atoms with Crippen LogP contribution >= 0.6 is 0 Å². The molecule has 0 unspecified atom stereocenters. The van der Waals surface area contributed by atoms with Gasteiger partial charge in [0, 0.05) is 18.7 Å². The molecule has 0 saturated heterocycles. The molecular formula is C18H20N4O2S. The Kier molecular flexibility index (Phi) is 5.25. The van der Waals surface area contributed by atoms with Gasteiger partial charge in [-0.25, -0.2) is 13.4 Å². The van der Waals surface area contributed by atoms with Crippen LogP contribution in [0, 0.1) is 0 Å². The van der Waals surface area contributed by atoms with Crippen molar-refractivity contribution in [2.45, 2.75) is 13.1 Å². The third-order valence-corrected chi connectivity index (χ3v) is 5.07. The van der Waals surface area contributed by atoms with Gasteiger partial charge in [-0.2, -0.15) is 9.40 Å². The molecule has 1 heterocycles. The maximum atomic E-state index is 12.1. The van der Waals surface area contributed by atoms with Gasteiger partial charge in [-0.3, -0.25) is 4.68 Å². The lowest BCUT2D eigenvalue weighted by Crippen LogP contribution is -2.32. The Balaban J connectivity index is 1.68. The van der Waals surface area contributed by atoms with Crippen LogP contribution in [0.25, 0.3) is 11.4 Å². The Bertz CT molecular complexity index is 909. The van der Waals surface area contributed by atoms with Crippen LogP contribution in [-0.4, -0.2) is 40.3 Å². The maximum Gasteiger partial charge on any atom is 0.211 e. The molecule has 0 spiro atoms. The van der Waals surface area contributed by atoms with Crippen molar-refractivity contribution < 1.29 is 8.42 Å². The fourth-order valence-electron chi connectivity index (χ4n) is 2.49. The minimum Gasteiger partial charge on any atom is -0.251 e. The van der Waals surface area contributed by atoms with E-state index >= 15 is 0 Å². The summed E-state index contributed by atoms with van der Waals surface area (Å²) in [5.41, 5.74) is 1.89. The van der Waals surface area contributed by atoms with Crippen LogP contribution in [0.5, 0.6) is 0 Å². The van der Waals surface area contributed by atoms with E-state index in [-0.39, 0.29) is 0 Å². The summed E-state index contributed by atoms with van der Waals surface area (Å²) in [4.78, 5) is 4.29. The van der Waals surface area contributed by atoms with Gasteiger partial charge in [-0.1, -0.05) is 60.7 Å². The van der Waals surface area contributed by atoms with E-state index in [1.165, 1.54) is 10.6 Å². The SMILES string of the molecule is CS(=O)(=O)N(CCn1cnc(-c2ccccc2)n1)Cc1ccccc1. The normalized spacial score (nSPS) is 11.8. The lowest BCUT2D eigenvalue weighted by Gasteiger charge is -2.19. The summed E-state index contributed by atoms with van der Waals surface area (Å²) in [6.07, 6.45) is 2.86. The molecule has 0 aliphatic heterocycles. The Labute approximate surface area is 147 Å². The molecule has 0 N–H and O–H groups in total. The van der Waals surface area contributed by atoms with Crippen LogP contribution in [0.3, 0.4) is 0 Å². The highest BCUT2D eigenvalue weighted by Crippen LogP contribution is 2.13. The summed E-state index contributed by atoms with van der Waals surface area (Å²) >= 11 is 0. The van der Waals surface area contributed by atoms with Gasteiger partial charge in [-0.15, -0.1) is 0 Å². The van der Waals surface area contributed by atoms with Crippen molar-refractivity contribution in [1.82, 2.24) is 19.1 Å². The summed E-state index contributed by atoms with van der Waals surface area (Å²) in [5, 5.41) is 4.43. The zero-order valence-electron chi connectivity index (χ0n) is 14.0. The highest BCUT2D eigenvalue weighted by molar-refractivity contribution is 7.88. The number of hydrogen-bond acceptors (Lipinski definition) is 4. The Morgan fingerprint density at radius 3 is 2.28 bits per heavy atom. The van der Waals surface area contributed by atoms with Crippen LogP contribution < -0.4 is 0 Å². The fourth-order valence-corrected chi connectivity index (χ4v) is 3.28. The third-order valence-electron chi connectivity index (χ3n) is 3.82. The van der Waals surface area contributed by atoms with Gasteiger partial charge >= 0.3 is 0 Å². The lowest BCUT2D eigenvalue weighted by atomic mass is 10.2. The second kappa shape index (κ2) is 7.58. The van der Waals surface area contributed by atoms with E-state index < -0.39 is 10.0 Å². The molecule has 2 aromatic carbocycles. The molecule has 0 fully saturated rings. The first-order chi connectivity index (χ1) is 12.0. The van der Waals surface area contributed by atoms with E-state index in [4.69, 9.17) is 0 Å². The summed E-state index contributed by atoms with van der Waals surface area (Å²) in [6, 6.07) is 19.2. The van der Waals surface area contributed by atoms with Gasteiger partial charge < -0.3 is 0 Å². The van der Waals surface area contributed by atoms with Crippen LogP contribution in [-0.2, 0) is 23.1 Å². The summed E-state index contributed by atoms with van der Waals surface area (Å²) in [6.45, 7) is 1.13. The van der Waals surface area contributed by atoms with Gasteiger partial charge in [0.05, 0.1) is 12.8 Å². The molecule has 3 rings (SSSR count). The molecule has 0 aliphatic rings. The molecule has 0 saturated carbocycles. The maximum absolute atomic E-state index is 12.1. The molecule has 0 bridgehead atoms. The average Bonchev–Trinajstić information content (AvgIpc) is 3.08. The van der Waals surface area contributed by atoms with Crippen molar-refractivity contribution >= 4 is 10.0 Å². The van der Waals surface area contributed by atoms with Crippen LogP contribution in [0.15, 0.2) is 67.0 Å². The van der Waals surface area contributed by atoms with E-state index in [2.05, 4.69) is 10.1 Å². The molecule has 0 radical (unpaired) electrons. The quantitative estimate of drug-likeness (QED) is 0.652. The second-order valence-electron chi connectivity index (χ2n) is 5.78. The van der Waals surface area contributed by atoms with E-state index in [0.29, 0.717) is 25.5 Å². The molecular weight excluding hydrogens is 336 g/mol. The first kappa shape index (κ1) is 17.3. The van der Waals surface area contributed by atoms with E-state index in [0.717, 1.165) is 11.1 Å². The van der Waals surface area contributed by atoms with Crippen molar-refractivity contribution in [1.29, 1.82) is 0 Å². The topological polar surface area (TPSA) is 68.1 Å². The van der Waals surface area contributed by atoms with Gasteiger partial charge in [-0.05, 0) is 5.56 Å². The molecule has 7 heteroatoms. The Morgan fingerprint density at radius 1 is 1.00 bits per heavy atom. The number of nitrogens with zero attached hydrogens (tertiary/aromatic N) is 4. The van der Waals surface area contributed by atoms with Crippen molar-refractivity contribution in [2.24, 2.45) is 0 Å². The predicted octanol–water partition coefficient (Wildman–Crippen LogP) is 2.41. The van der Waals surface area contributed by atoms with Crippen molar-refractivity contribution in [3.05, 3.63) is 72.6 Å². The molecule has 1 aromatic heterocycles. The van der Waals surface area contributed by atoms with Gasteiger partial charge in [0.2, 0.25) is 10.0 Å². The standard InChI is InChI=1S/C18H20N4O2S/c1-25(23,24)22(14-16-8-4-2-5-9-16)13-12-21-15-19-18(20-21)17-10-6-3-7-11-17/h2-11,15H,12-14H2,1H3. The van der Waals surface area contributed by atoms with E-state index in [9.17, 15) is 8.42 Å². The first-order valence-corrected chi connectivity index (χ1v) is 9.81. The predicted molar refractivity (Wildman–Crippen MR) is 97.2 cm³/mol. The summed E-state index contributed by atoms with van der Waals surface area (Å²) in [5.74, 6) is 0.634. The van der Waals surface area contributed by atoms with Gasteiger partial charge in [0.25, 0.3) is 0 Å². The highest BCUT2D eigenvalue weighted by atomic mass is 32.2. The van der Waals surface area contributed by atoms with Crippen molar-refractivity contribution in [2.75, 3.05) is 12.8 Å². The Morgan fingerprint density at radius 2 is 1.64 bits per heavy atom. The van der Waals surface area contributed by atoms with Crippen LogP contribution in [0.1, 0.15) is 5.56 Å². The second-order valence-corrected chi connectivity index (χ2v) is 7.76. The van der Waals surface area contributed by atoms with Crippen LogP contribution in [0.2, 0.25) is 0 Å². The number of benzene rings is 2. The molecule has 3 aromatic rings. The third kappa shape index (κ3) is 4.74. The minimum atomic E-state index is -3.31. The molecule has 25 heavy (non-hydrogen) atoms. The van der Waals surface area contributed by atoms with E-state index in [1.807, 2.05) is 60.7 Å². The largest absolute Gasteiger partial charge is 0.251 e. The number of hydrogen-bond donors (Lipinski definition) is 0. The lowest BCUT2D eigenvalue weighted by molar-refractivity contribution is 0.381. The van der Waals surface area contributed by atoms with E-state index in [1.54, 1.807) is 11.0 Å². The zero-order valence-corrected chi connectivity index (χ0v) is 14.8. The highest BCUT2D eigenvalue weighted by Gasteiger charge is 2.17. The molecule has 6 nitrogen and oxygen atoms in total. The number of aromatic nitrogens is 3. The first-order valence-electron chi connectivity index (χ1n) is 7.96. The number of sulfonamides is 1. The smallest absolute Gasteiger partial charge is 0.211 e. The van der Waals surface area contributed by atoms with Crippen molar-refractivity contribution in [3.8, 4) is 11.4 Å². The molecule has 0 aliphatic carbocycles. The molecule has 0 amide bonds. The van der Waals surface area contributed by atoms with Crippen LogP contribution in [0.4, 0.5) is 0 Å². The minimum absolute atomic E-state index is 0.339.